The number of aromatic nitrogens is 4. The summed E-state index contributed by atoms with van der Waals surface area (Å²) < 4.78 is 43.5. The maximum absolute atomic E-state index is 14.5. The van der Waals surface area contributed by atoms with Crippen molar-refractivity contribution in [3.8, 4) is 16.9 Å². The third kappa shape index (κ3) is 4.69. The summed E-state index contributed by atoms with van der Waals surface area (Å²) in [5.74, 6) is 0.288. The molecule has 0 amide bonds. The van der Waals surface area contributed by atoms with Crippen LogP contribution in [-0.2, 0) is 0 Å². The molecule has 5 rings (SSSR count). The van der Waals surface area contributed by atoms with Crippen molar-refractivity contribution >= 4 is 17.6 Å². The van der Waals surface area contributed by atoms with E-state index in [0.717, 1.165) is 37.7 Å². The van der Waals surface area contributed by atoms with Crippen molar-refractivity contribution in [3.05, 3.63) is 48.5 Å². The minimum Gasteiger partial charge on any atom is -0.435 e. The highest BCUT2D eigenvalue weighted by atomic mass is 19.3. The molecule has 172 valence electrons. The van der Waals surface area contributed by atoms with E-state index in [0.29, 0.717) is 22.7 Å². The van der Waals surface area contributed by atoms with Gasteiger partial charge in [0.15, 0.2) is 17.5 Å². The lowest BCUT2D eigenvalue weighted by molar-refractivity contribution is -0.0498. The van der Waals surface area contributed by atoms with E-state index in [4.69, 9.17) is 0 Å². The van der Waals surface area contributed by atoms with Gasteiger partial charge in [0.1, 0.15) is 5.75 Å². The second-order valence-corrected chi connectivity index (χ2v) is 8.56. The molecule has 0 bridgehead atoms. The van der Waals surface area contributed by atoms with Gasteiger partial charge in [-0.15, -0.1) is 5.10 Å². The van der Waals surface area contributed by atoms with E-state index in [1.165, 1.54) is 37.6 Å². The van der Waals surface area contributed by atoms with Crippen LogP contribution in [0.1, 0.15) is 32.1 Å². The number of nitrogens with one attached hydrogen (secondary N) is 1. The maximum Gasteiger partial charge on any atom is 0.387 e. The number of anilines is 3. The molecule has 2 aliphatic rings. The summed E-state index contributed by atoms with van der Waals surface area (Å²) in [6, 6.07) is 7.83. The molecule has 1 aliphatic carbocycles. The van der Waals surface area contributed by atoms with E-state index >= 15 is 0 Å². The molecule has 10 heteroatoms. The lowest BCUT2D eigenvalue weighted by Crippen LogP contribution is -2.44. The number of halogens is 3. The van der Waals surface area contributed by atoms with Gasteiger partial charge in [-0.25, -0.2) is 9.37 Å². The largest absolute Gasteiger partial charge is 0.435 e. The van der Waals surface area contributed by atoms with Gasteiger partial charge in [-0.2, -0.15) is 18.9 Å². The highest BCUT2D eigenvalue weighted by molar-refractivity contribution is 5.67. The summed E-state index contributed by atoms with van der Waals surface area (Å²) in [5, 5.41) is 10.9. The molecule has 1 saturated heterocycles. The predicted octanol–water partition coefficient (Wildman–Crippen LogP) is 5.19. The quantitative estimate of drug-likeness (QED) is 0.547. The first kappa shape index (κ1) is 21.4. The lowest BCUT2D eigenvalue weighted by atomic mass is 9.63. The van der Waals surface area contributed by atoms with Crippen molar-refractivity contribution in [1.29, 1.82) is 0 Å². The van der Waals surface area contributed by atoms with Crippen molar-refractivity contribution in [3.63, 3.8) is 0 Å². The standard InChI is InChI=1S/C23H23F3N6O/c24-18-14-27-22(32-10-8-23(9-11-32)6-1-7-23)30-20(18)29-19-12-16(13-28-31-19)15-2-4-17(5-3-15)33-21(25)26/h2-5,12-14,21H,1,6-11H2,(H,27,29,30,31). The van der Waals surface area contributed by atoms with Crippen LogP contribution in [0.4, 0.5) is 30.8 Å². The molecule has 1 aliphatic heterocycles. The summed E-state index contributed by atoms with van der Waals surface area (Å²) in [6.07, 6.45) is 8.84. The SMILES string of the molecule is Fc1cnc(N2CCC3(CCC3)CC2)nc1Nc1cc(-c2ccc(OC(F)F)cc2)cnn1. The third-order valence-corrected chi connectivity index (χ3v) is 6.57. The number of rotatable bonds is 6. The van der Waals surface area contributed by atoms with Gasteiger partial charge < -0.3 is 15.0 Å². The molecule has 1 spiro atoms. The molecular formula is C23H23F3N6O. The Morgan fingerprint density at radius 3 is 2.42 bits per heavy atom. The van der Waals surface area contributed by atoms with Crippen molar-refractivity contribution in [1.82, 2.24) is 20.2 Å². The smallest absolute Gasteiger partial charge is 0.387 e. The van der Waals surface area contributed by atoms with E-state index < -0.39 is 12.4 Å². The van der Waals surface area contributed by atoms with Gasteiger partial charge in [0.25, 0.3) is 0 Å². The molecule has 0 atom stereocenters. The second-order valence-electron chi connectivity index (χ2n) is 8.56. The van der Waals surface area contributed by atoms with Crippen LogP contribution in [-0.4, -0.2) is 39.9 Å². The Morgan fingerprint density at radius 1 is 1.00 bits per heavy atom. The molecule has 0 radical (unpaired) electrons. The van der Waals surface area contributed by atoms with Crippen LogP contribution in [0.2, 0.25) is 0 Å². The zero-order chi connectivity index (χ0) is 22.8. The Hall–Kier alpha value is -3.43. The topological polar surface area (TPSA) is 76.1 Å². The molecule has 1 N–H and O–H groups in total. The summed E-state index contributed by atoms with van der Waals surface area (Å²) in [6.45, 7) is -1.15. The zero-order valence-electron chi connectivity index (χ0n) is 17.8. The number of hydrogen-bond donors (Lipinski definition) is 1. The van der Waals surface area contributed by atoms with Gasteiger partial charge in [-0.1, -0.05) is 18.6 Å². The number of alkyl halides is 2. The van der Waals surface area contributed by atoms with Crippen molar-refractivity contribution in [2.75, 3.05) is 23.3 Å². The predicted molar refractivity (Wildman–Crippen MR) is 117 cm³/mol. The van der Waals surface area contributed by atoms with Crippen molar-refractivity contribution in [2.24, 2.45) is 5.41 Å². The Morgan fingerprint density at radius 2 is 1.76 bits per heavy atom. The summed E-state index contributed by atoms with van der Waals surface area (Å²) in [4.78, 5) is 10.7. The third-order valence-electron chi connectivity index (χ3n) is 6.57. The summed E-state index contributed by atoms with van der Waals surface area (Å²) in [5.41, 5.74) is 1.89. The van der Waals surface area contributed by atoms with Crippen LogP contribution >= 0.6 is 0 Å². The molecule has 3 aromatic rings. The van der Waals surface area contributed by atoms with Crippen molar-refractivity contribution < 1.29 is 17.9 Å². The monoisotopic (exact) mass is 456 g/mol. The number of nitrogens with zero attached hydrogens (tertiary/aromatic N) is 5. The van der Waals surface area contributed by atoms with E-state index in [9.17, 15) is 13.2 Å². The van der Waals surface area contributed by atoms with Crippen molar-refractivity contribution in [2.45, 2.75) is 38.7 Å². The lowest BCUT2D eigenvalue weighted by Gasteiger charge is -2.48. The fourth-order valence-corrected chi connectivity index (χ4v) is 4.49. The fourth-order valence-electron chi connectivity index (χ4n) is 4.49. The molecule has 2 aromatic heterocycles. The molecule has 1 aromatic carbocycles. The minimum atomic E-state index is -2.88. The molecule has 33 heavy (non-hydrogen) atoms. The highest BCUT2D eigenvalue weighted by Gasteiger charge is 2.40. The van der Waals surface area contributed by atoms with Gasteiger partial charge in [0.2, 0.25) is 5.95 Å². The minimum absolute atomic E-state index is 0.0241. The van der Waals surface area contributed by atoms with E-state index in [-0.39, 0.29) is 11.6 Å². The number of hydrogen-bond acceptors (Lipinski definition) is 7. The van der Waals surface area contributed by atoms with Crippen LogP contribution in [0.3, 0.4) is 0 Å². The summed E-state index contributed by atoms with van der Waals surface area (Å²) >= 11 is 0. The van der Waals surface area contributed by atoms with Crippen LogP contribution in [0, 0.1) is 11.2 Å². The molecule has 1 saturated carbocycles. The zero-order valence-corrected chi connectivity index (χ0v) is 17.8. The highest BCUT2D eigenvalue weighted by Crippen LogP contribution is 2.49. The number of ether oxygens (including phenoxy) is 1. The van der Waals surface area contributed by atoms with Gasteiger partial charge in [-0.3, -0.25) is 0 Å². The molecule has 7 nitrogen and oxygen atoms in total. The molecular weight excluding hydrogens is 433 g/mol. The maximum atomic E-state index is 14.5. The van der Waals surface area contributed by atoms with Gasteiger partial charge in [0, 0.05) is 18.7 Å². The van der Waals surface area contributed by atoms with Gasteiger partial charge in [-0.05, 0) is 54.9 Å². The molecule has 0 unspecified atom stereocenters. The van der Waals surface area contributed by atoms with E-state index in [2.05, 4.69) is 35.1 Å². The number of piperidine rings is 1. The van der Waals surface area contributed by atoms with Gasteiger partial charge in [0.05, 0.1) is 12.4 Å². The Labute approximate surface area is 189 Å². The first-order valence-electron chi connectivity index (χ1n) is 10.9. The second kappa shape index (κ2) is 8.84. The van der Waals surface area contributed by atoms with Crippen LogP contribution in [0.5, 0.6) is 5.75 Å². The number of benzene rings is 1. The average molecular weight is 456 g/mol. The van der Waals surface area contributed by atoms with Crippen LogP contribution in [0.25, 0.3) is 11.1 Å². The average Bonchev–Trinajstić information content (AvgIpc) is 2.80. The Kier molecular flexibility index (Phi) is 5.74. The van der Waals surface area contributed by atoms with Crippen LogP contribution < -0.4 is 15.0 Å². The first-order chi connectivity index (χ1) is 16.0. The Bertz CT molecular complexity index is 1110. The normalized spacial score (nSPS) is 17.2. The van der Waals surface area contributed by atoms with Gasteiger partial charge >= 0.3 is 6.61 Å². The fraction of sp³-hybridized carbons (Fsp3) is 0.391. The molecule has 2 fully saturated rings. The van der Waals surface area contributed by atoms with E-state index in [1.807, 2.05) is 0 Å². The first-order valence-corrected chi connectivity index (χ1v) is 10.9. The Balaban J connectivity index is 1.30. The summed E-state index contributed by atoms with van der Waals surface area (Å²) in [7, 11) is 0. The molecule has 3 heterocycles. The van der Waals surface area contributed by atoms with Crippen LogP contribution in [0.15, 0.2) is 42.7 Å². The van der Waals surface area contributed by atoms with E-state index in [1.54, 1.807) is 18.2 Å².